The van der Waals surface area contributed by atoms with Crippen LogP contribution in [-0.4, -0.2) is 100 Å². The minimum absolute atomic E-state index is 0.0315. The summed E-state index contributed by atoms with van der Waals surface area (Å²) in [7, 11) is 0. The number of likely N-dealkylation sites (tertiary alicyclic amines) is 2. The topological polar surface area (TPSA) is 140 Å². The number of aliphatic carboxylic acids is 2. The standard InChI is InChI=1S/C25H32N4O2.2C2HF3O2/c1-18(2)15-28-16-24(25(17-28)8-12-27-23(25)31)9-13-29(14-10-24)22(30)20-7-3-5-19-6-4-11-26-21(19)20;2*3-2(4,5)1(6)7/h3-7,11,18H,8-10,12-17H2,1-2H3,(H,27,31);2*(H,6,7). The number of pyridine rings is 1. The lowest BCUT2D eigenvalue weighted by molar-refractivity contribution is -0.193. The van der Waals surface area contributed by atoms with Gasteiger partial charge in [0.1, 0.15) is 0 Å². The fourth-order valence-electron chi connectivity index (χ4n) is 6.38. The summed E-state index contributed by atoms with van der Waals surface area (Å²) < 4.78 is 63.5. The van der Waals surface area contributed by atoms with Crippen LogP contribution in [0.15, 0.2) is 36.5 Å². The van der Waals surface area contributed by atoms with Gasteiger partial charge in [-0.05, 0) is 37.3 Å². The van der Waals surface area contributed by atoms with Crippen molar-refractivity contribution in [2.75, 3.05) is 39.3 Å². The largest absolute Gasteiger partial charge is 0.490 e. The van der Waals surface area contributed by atoms with Crippen LogP contribution in [0.5, 0.6) is 0 Å². The first-order chi connectivity index (χ1) is 20.8. The normalized spacial score (nSPS) is 21.3. The Balaban J connectivity index is 0.000000331. The number of benzene rings is 1. The molecule has 3 aliphatic heterocycles. The molecule has 0 saturated carbocycles. The Hall–Kier alpha value is -3.95. The van der Waals surface area contributed by atoms with E-state index < -0.39 is 24.3 Å². The van der Waals surface area contributed by atoms with Crippen molar-refractivity contribution >= 4 is 34.7 Å². The van der Waals surface area contributed by atoms with E-state index in [1.54, 1.807) is 6.20 Å². The van der Waals surface area contributed by atoms with E-state index in [0.29, 0.717) is 24.6 Å². The van der Waals surface area contributed by atoms with Crippen LogP contribution in [-0.2, 0) is 14.4 Å². The minimum atomic E-state index is -5.08. The van der Waals surface area contributed by atoms with Crippen LogP contribution in [0.4, 0.5) is 26.3 Å². The quantitative estimate of drug-likeness (QED) is 0.421. The van der Waals surface area contributed by atoms with Gasteiger partial charge in [0, 0.05) is 56.3 Å². The maximum absolute atomic E-state index is 13.4. The number of halogens is 6. The lowest BCUT2D eigenvalue weighted by Gasteiger charge is -2.46. The van der Waals surface area contributed by atoms with Crippen molar-refractivity contribution in [1.29, 1.82) is 0 Å². The van der Waals surface area contributed by atoms with Gasteiger partial charge in [0.05, 0.1) is 16.5 Å². The van der Waals surface area contributed by atoms with E-state index in [2.05, 4.69) is 29.0 Å². The third kappa shape index (κ3) is 8.02. The van der Waals surface area contributed by atoms with Crippen molar-refractivity contribution in [2.45, 2.75) is 45.5 Å². The van der Waals surface area contributed by atoms with Crippen LogP contribution >= 0.6 is 0 Å². The van der Waals surface area contributed by atoms with Crippen LogP contribution < -0.4 is 5.32 Å². The predicted octanol–water partition coefficient (Wildman–Crippen LogP) is 4.20. The molecule has 0 aliphatic carbocycles. The molecule has 248 valence electrons. The lowest BCUT2D eigenvalue weighted by Crippen LogP contribution is -2.53. The van der Waals surface area contributed by atoms with E-state index in [4.69, 9.17) is 19.8 Å². The van der Waals surface area contributed by atoms with Crippen molar-refractivity contribution in [3.63, 3.8) is 0 Å². The van der Waals surface area contributed by atoms with Crippen LogP contribution in [0.25, 0.3) is 10.9 Å². The van der Waals surface area contributed by atoms with Crippen LogP contribution in [0.2, 0.25) is 0 Å². The second kappa shape index (κ2) is 13.6. The molecule has 4 heterocycles. The average molecular weight is 649 g/mol. The Kier molecular flexibility index (Phi) is 10.7. The zero-order valence-electron chi connectivity index (χ0n) is 24.5. The number of carbonyl (C=O) groups excluding carboxylic acids is 2. The molecule has 1 atom stereocenters. The fraction of sp³-hybridized carbons (Fsp3) is 0.552. The first-order valence-electron chi connectivity index (χ1n) is 14.1. The van der Waals surface area contributed by atoms with Gasteiger partial charge in [-0.15, -0.1) is 0 Å². The number of rotatable bonds is 3. The molecule has 10 nitrogen and oxygen atoms in total. The molecule has 2 aromatic rings. The maximum atomic E-state index is 13.4. The summed E-state index contributed by atoms with van der Waals surface area (Å²) in [6, 6.07) is 9.70. The number of nitrogens with one attached hydrogen (secondary N) is 1. The summed E-state index contributed by atoms with van der Waals surface area (Å²) >= 11 is 0. The summed E-state index contributed by atoms with van der Waals surface area (Å²) in [5, 5.41) is 18.4. The molecule has 0 bridgehead atoms. The zero-order chi connectivity index (χ0) is 33.8. The maximum Gasteiger partial charge on any atom is 0.490 e. The molecule has 3 saturated heterocycles. The highest BCUT2D eigenvalue weighted by atomic mass is 19.4. The first kappa shape index (κ1) is 35.5. The predicted molar refractivity (Wildman–Crippen MR) is 148 cm³/mol. The molecule has 0 radical (unpaired) electrons. The highest BCUT2D eigenvalue weighted by molar-refractivity contribution is 6.05. The minimum Gasteiger partial charge on any atom is -0.475 e. The number of hydrogen-bond acceptors (Lipinski definition) is 6. The van der Waals surface area contributed by atoms with E-state index in [-0.39, 0.29) is 22.6 Å². The van der Waals surface area contributed by atoms with E-state index in [1.807, 2.05) is 35.2 Å². The van der Waals surface area contributed by atoms with Gasteiger partial charge in [-0.25, -0.2) is 9.59 Å². The summed E-state index contributed by atoms with van der Waals surface area (Å²) in [6.07, 6.45) is -5.73. The van der Waals surface area contributed by atoms with Gasteiger partial charge in [-0.1, -0.05) is 32.0 Å². The Morgan fingerprint density at radius 1 is 0.933 bits per heavy atom. The van der Waals surface area contributed by atoms with Crippen LogP contribution in [0, 0.1) is 16.7 Å². The van der Waals surface area contributed by atoms with Crippen molar-refractivity contribution in [1.82, 2.24) is 20.1 Å². The highest BCUT2D eigenvalue weighted by Crippen LogP contribution is 2.56. The number of hydrogen-bond donors (Lipinski definition) is 3. The van der Waals surface area contributed by atoms with Gasteiger partial charge < -0.3 is 25.3 Å². The van der Waals surface area contributed by atoms with Gasteiger partial charge >= 0.3 is 24.3 Å². The van der Waals surface area contributed by atoms with Gasteiger partial charge in [-0.2, -0.15) is 26.3 Å². The molecular formula is C29H34F6N4O6. The molecule has 1 aromatic carbocycles. The third-order valence-electron chi connectivity index (χ3n) is 8.29. The number of carbonyl (C=O) groups is 4. The number of fused-ring (bicyclic) bond motifs is 2. The number of para-hydroxylation sites is 1. The Labute approximate surface area is 254 Å². The molecule has 1 unspecified atom stereocenters. The number of piperidine rings is 1. The van der Waals surface area contributed by atoms with Crippen LogP contribution in [0.3, 0.4) is 0 Å². The van der Waals surface area contributed by atoms with Crippen molar-refractivity contribution in [3.8, 4) is 0 Å². The second-order valence-corrected chi connectivity index (χ2v) is 11.7. The van der Waals surface area contributed by atoms with Crippen molar-refractivity contribution in [2.24, 2.45) is 16.7 Å². The van der Waals surface area contributed by atoms with E-state index >= 15 is 0 Å². The molecule has 1 aromatic heterocycles. The number of carboxylic acids is 2. The highest BCUT2D eigenvalue weighted by Gasteiger charge is 2.63. The molecular weight excluding hydrogens is 614 g/mol. The van der Waals surface area contributed by atoms with Crippen molar-refractivity contribution < 1.29 is 55.7 Å². The van der Waals surface area contributed by atoms with Gasteiger partial charge in [0.15, 0.2) is 0 Å². The smallest absolute Gasteiger partial charge is 0.475 e. The second-order valence-electron chi connectivity index (χ2n) is 11.7. The number of alkyl halides is 6. The molecule has 2 spiro atoms. The fourth-order valence-corrected chi connectivity index (χ4v) is 6.38. The Morgan fingerprint density at radius 3 is 1.98 bits per heavy atom. The van der Waals surface area contributed by atoms with Gasteiger partial charge in [0.2, 0.25) is 5.91 Å². The average Bonchev–Trinajstić information content (AvgIpc) is 3.46. The zero-order valence-corrected chi connectivity index (χ0v) is 24.5. The summed E-state index contributed by atoms with van der Waals surface area (Å²) in [6.45, 7) is 9.52. The Bertz CT molecular complexity index is 1380. The molecule has 16 heteroatoms. The number of nitrogens with zero attached hydrogens (tertiary/aromatic N) is 3. The Morgan fingerprint density at radius 2 is 1.49 bits per heavy atom. The van der Waals surface area contributed by atoms with Crippen LogP contribution in [0.1, 0.15) is 43.5 Å². The number of aromatic nitrogens is 1. The molecule has 2 amide bonds. The molecule has 5 rings (SSSR count). The number of carboxylic acid groups (broad SMARTS) is 2. The molecule has 3 aliphatic rings. The van der Waals surface area contributed by atoms with E-state index in [9.17, 15) is 35.9 Å². The number of amides is 2. The summed E-state index contributed by atoms with van der Waals surface area (Å²) in [5.41, 5.74) is 1.12. The first-order valence-corrected chi connectivity index (χ1v) is 14.1. The van der Waals surface area contributed by atoms with Crippen molar-refractivity contribution in [3.05, 3.63) is 42.1 Å². The lowest BCUT2D eigenvalue weighted by atomic mass is 9.60. The molecule has 45 heavy (non-hydrogen) atoms. The monoisotopic (exact) mass is 648 g/mol. The summed E-state index contributed by atoms with van der Waals surface area (Å²) in [5.74, 6) is -4.64. The third-order valence-corrected chi connectivity index (χ3v) is 8.29. The van der Waals surface area contributed by atoms with Gasteiger partial charge in [0.25, 0.3) is 5.91 Å². The SMILES string of the molecule is CC(C)CN1CC2(CCN(C(=O)c3cccc4cccnc34)CC2)C2(CCNC2=O)C1.O=C(O)C(F)(F)F.O=C(O)C(F)(F)F. The van der Waals surface area contributed by atoms with E-state index in [0.717, 1.165) is 56.3 Å². The van der Waals surface area contributed by atoms with Gasteiger partial charge in [-0.3, -0.25) is 14.6 Å². The summed E-state index contributed by atoms with van der Waals surface area (Å²) in [4.78, 5) is 53.2. The molecule has 3 fully saturated rings. The molecule has 3 N–H and O–H groups in total. The van der Waals surface area contributed by atoms with E-state index in [1.165, 1.54) is 0 Å².